The fourth-order valence-electron chi connectivity index (χ4n) is 1.40. The van der Waals surface area contributed by atoms with Gasteiger partial charge in [-0.1, -0.05) is 0 Å². The Hall–Kier alpha value is -1.33. The van der Waals surface area contributed by atoms with Crippen molar-refractivity contribution >= 4 is 5.91 Å². The van der Waals surface area contributed by atoms with E-state index in [0.29, 0.717) is 24.3 Å². The maximum atomic E-state index is 11.6. The summed E-state index contributed by atoms with van der Waals surface area (Å²) in [6.07, 6.45) is 3.51. The lowest BCUT2D eigenvalue weighted by Crippen LogP contribution is -2.36. The van der Waals surface area contributed by atoms with E-state index < -0.39 is 0 Å². The molecule has 13 heavy (non-hydrogen) atoms. The summed E-state index contributed by atoms with van der Waals surface area (Å²) in [6, 6.07) is 0. The molecule has 0 unspecified atom stereocenters. The summed E-state index contributed by atoms with van der Waals surface area (Å²) in [5.74, 6) is 5.95. The highest BCUT2D eigenvalue weighted by atomic mass is 16.5. The predicted octanol–water partition coefficient (Wildman–Crippen LogP) is -0.563. The molecule has 0 saturated heterocycles. The van der Waals surface area contributed by atoms with Gasteiger partial charge in [0.15, 0.2) is 0 Å². The average Bonchev–Trinajstić information content (AvgIpc) is 2.29. The van der Waals surface area contributed by atoms with Crippen LogP contribution in [0, 0.1) is 0 Å². The molecule has 0 radical (unpaired) electrons. The molecule has 70 valence electrons. The zero-order valence-electron chi connectivity index (χ0n) is 7.12. The van der Waals surface area contributed by atoms with Crippen molar-refractivity contribution in [3.05, 3.63) is 23.8 Å². The zero-order chi connectivity index (χ0) is 9.26. The van der Waals surface area contributed by atoms with Crippen molar-refractivity contribution < 1.29 is 9.53 Å². The second kappa shape index (κ2) is 3.20. The Balaban J connectivity index is 2.33. The van der Waals surface area contributed by atoms with E-state index in [1.807, 2.05) is 0 Å². The SMILES string of the molecule is NN1C=COC2=C(CCNC2)C1=O. The van der Waals surface area contributed by atoms with Crippen molar-refractivity contribution in [3.8, 4) is 0 Å². The van der Waals surface area contributed by atoms with E-state index >= 15 is 0 Å². The standard InChI is InChI=1S/C8H11N3O2/c9-11-3-4-13-7-5-10-2-1-6(7)8(11)12/h3-4,10H,1-2,5,9H2. The molecule has 0 aliphatic carbocycles. The first-order valence-electron chi connectivity index (χ1n) is 4.13. The van der Waals surface area contributed by atoms with Gasteiger partial charge >= 0.3 is 0 Å². The predicted molar refractivity (Wildman–Crippen MR) is 45.8 cm³/mol. The summed E-state index contributed by atoms with van der Waals surface area (Å²) in [7, 11) is 0. The van der Waals surface area contributed by atoms with Crippen molar-refractivity contribution in [3.63, 3.8) is 0 Å². The lowest BCUT2D eigenvalue weighted by Gasteiger charge is -2.18. The third-order valence-electron chi connectivity index (χ3n) is 2.10. The first-order valence-corrected chi connectivity index (χ1v) is 4.13. The maximum absolute atomic E-state index is 11.6. The summed E-state index contributed by atoms with van der Waals surface area (Å²) in [5.41, 5.74) is 0.672. The van der Waals surface area contributed by atoms with Crippen LogP contribution in [0.25, 0.3) is 0 Å². The number of hydrazine groups is 1. The number of hydrogen-bond acceptors (Lipinski definition) is 4. The molecule has 0 fully saturated rings. The Labute approximate surface area is 75.8 Å². The molecule has 0 aromatic carbocycles. The summed E-state index contributed by atoms with van der Waals surface area (Å²) < 4.78 is 5.24. The van der Waals surface area contributed by atoms with Crippen molar-refractivity contribution in [2.24, 2.45) is 5.84 Å². The lowest BCUT2D eigenvalue weighted by atomic mass is 10.1. The zero-order valence-corrected chi connectivity index (χ0v) is 7.12. The highest BCUT2D eigenvalue weighted by Gasteiger charge is 2.24. The first-order chi connectivity index (χ1) is 6.29. The minimum Gasteiger partial charge on any atom is -0.466 e. The number of amides is 1. The second-order valence-corrected chi connectivity index (χ2v) is 2.94. The van der Waals surface area contributed by atoms with E-state index in [2.05, 4.69) is 5.32 Å². The molecule has 2 aliphatic rings. The van der Waals surface area contributed by atoms with Gasteiger partial charge in [-0.05, 0) is 13.0 Å². The van der Waals surface area contributed by atoms with Crippen LogP contribution in [0.5, 0.6) is 0 Å². The molecule has 0 aromatic heterocycles. The number of hydrogen-bond donors (Lipinski definition) is 2. The van der Waals surface area contributed by atoms with Gasteiger partial charge in [0.05, 0.1) is 18.3 Å². The Bertz CT molecular complexity index is 296. The fourth-order valence-corrected chi connectivity index (χ4v) is 1.40. The van der Waals surface area contributed by atoms with E-state index in [1.54, 1.807) is 0 Å². The van der Waals surface area contributed by atoms with Crippen LogP contribution >= 0.6 is 0 Å². The molecule has 5 heteroatoms. The molecule has 0 bridgehead atoms. The molecule has 0 atom stereocenters. The quantitative estimate of drug-likeness (QED) is 0.388. The van der Waals surface area contributed by atoms with Crippen LogP contribution in [0.1, 0.15) is 6.42 Å². The Morgan fingerprint density at radius 1 is 1.62 bits per heavy atom. The van der Waals surface area contributed by atoms with Crippen molar-refractivity contribution in [2.45, 2.75) is 6.42 Å². The summed E-state index contributed by atoms with van der Waals surface area (Å²) in [4.78, 5) is 11.6. The number of nitrogens with one attached hydrogen (secondary N) is 1. The second-order valence-electron chi connectivity index (χ2n) is 2.94. The minimum absolute atomic E-state index is 0.176. The number of carbonyl (C=O) groups excluding carboxylic acids is 1. The van der Waals surface area contributed by atoms with E-state index in [0.717, 1.165) is 11.6 Å². The summed E-state index contributed by atoms with van der Waals surface area (Å²) in [5, 5.41) is 4.17. The molecule has 3 N–H and O–H groups in total. The maximum Gasteiger partial charge on any atom is 0.271 e. The van der Waals surface area contributed by atoms with E-state index in [4.69, 9.17) is 10.6 Å². The van der Waals surface area contributed by atoms with E-state index in [9.17, 15) is 4.79 Å². The summed E-state index contributed by atoms with van der Waals surface area (Å²) >= 11 is 0. The van der Waals surface area contributed by atoms with Crippen molar-refractivity contribution in [2.75, 3.05) is 13.1 Å². The largest absolute Gasteiger partial charge is 0.466 e. The smallest absolute Gasteiger partial charge is 0.271 e. The van der Waals surface area contributed by atoms with Crippen molar-refractivity contribution in [1.82, 2.24) is 10.3 Å². The highest BCUT2D eigenvalue weighted by Crippen LogP contribution is 2.18. The molecule has 0 aromatic rings. The molecule has 2 heterocycles. The highest BCUT2D eigenvalue weighted by molar-refractivity contribution is 5.94. The van der Waals surface area contributed by atoms with Gasteiger partial charge in [-0.2, -0.15) is 0 Å². The third-order valence-corrected chi connectivity index (χ3v) is 2.10. The van der Waals surface area contributed by atoms with E-state index in [-0.39, 0.29) is 5.91 Å². The van der Waals surface area contributed by atoms with Gasteiger partial charge in [-0.3, -0.25) is 4.79 Å². The first kappa shape index (κ1) is 8.28. The Morgan fingerprint density at radius 2 is 2.46 bits per heavy atom. The topological polar surface area (TPSA) is 67.6 Å². The number of nitrogens with two attached hydrogens (primary N) is 1. The number of nitrogens with zero attached hydrogens (tertiary/aromatic N) is 1. The molecule has 0 saturated carbocycles. The van der Waals surface area contributed by atoms with Crippen LogP contribution in [0.4, 0.5) is 0 Å². The lowest BCUT2D eigenvalue weighted by molar-refractivity contribution is -0.125. The fraction of sp³-hybridized carbons (Fsp3) is 0.375. The van der Waals surface area contributed by atoms with Crippen LogP contribution < -0.4 is 11.2 Å². The normalized spacial score (nSPS) is 22.5. The van der Waals surface area contributed by atoms with Crippen LogP contribution in [0.3, 0.4) is 0 Å². The van der Waals surface area contributed by atoms with Crippen LogP contribution in [-0.2, 0) is 9.53 Å². The van der Waals surface area contributed by atoms with Gasteiger partial charge in [0.25, 0.3) is 5.91 Å². The van der Waals surface area contributed by atoms with E-state index in [1.165, 1.54) is 12.5 Å². The van der Waals surface area contributed by atoms with Gasteiger partial charge in [-0.25, -0.2) is 10.9 Å². The molecule has 2 rings (SSSR count). The van der Waals surface area contributed by atoms with Crippen LogP contribution in [0.15, 0.2) is 23.8 Å². The number of carbonyl (C=O) groups is 1. The Morgan fingerprint density at radius 3 is 3.31 bits per heavy atom. The number of ether oxygens (including phenoxy) is 1. The average molecular weight is 181 g/mol. The molecule has 1 amide bonds. The number of rotatable bonds is 0. The third kappa shape index (κ3) is 1.43. The molecule has 5 nitrogen and oxygen atoms in total. The summed E-state index contributed by atoms with van der Waals surface area (Å²) in [6.45, 7) is 1.39. The molecule has 2 aliphatic heterocycles. The van der Waals surface area contributed by atoms with Gasteiger partial charge in [0.1, 0.15) is 12.0 Å². The molecular weight excluding hydrogens is 170 g/mol. The van der Waals surface area contributed by atoms with Crippen LogP contribution in [-0.4, -0.2) is 24.0 Å². The Kier molecular flexibility index (Phi) is 2.03. The van der Waals surface area contributed by atoms with Gasteiger partial charge in [0.2, 0.25) is 0 Å². The monoisotopic (exact) mass is 181 g/mol. The minimum atomic E-state index is -0.176. The van der Waals surface area contributed by atoms with Gasteiger partial charge in [-0.15, -0.1) is 0 Å². The molecule has 0 spiro atoms. The van der Waals surface area contributed by atoms with Crippen molar-refractivity contribution in [1.29, 1.82) is 0 Å². The van der Waals surface area contributed by atoms with Crippen LogP contribution in [0.2, 0.25) is 0 Å². The van der Waals surface area contributed by atoms with Gasteiger partial charge < -0.3 is 10.1 Å². The van der Waals surface area contributed by atoms with Gasteiger partial charge in [0, 0.05) is 0 Å². The molecular formula is C8H11N3O2.